The number of nitrogens with zero attached hydrogens (tertiary/aromatic N) is 3. The van der Waals surface area contributed by atoms with Crippen LogP contribution in [-0.4, -0.2) is 26.2 Å². The molecule has 0 atom stereocenters. The molecule has 104 valence electrons. The van der Waals surface area contributed by atoms with E-state index in [1.807, 2.05) is 35.5 Å². The Morgan fingerprint density at radius 1 is 1.50 bits per heavy atom. The molecule has 0 unspecified atom stereocenters. The van der Waals surface area contributed by atoms with Crippen molar-refractivity contribution in [2.24, 2.45) is 0 Å². The van der Waals surface area contributed by atoms with Gasteiger partial charge in [0, 0.05) is 18.7 Å². The predicted molar refractivity (Wildman–Crippen MR) is 78.2 cm³/mol. The second-order valence-electron chi connectivity index (χ2n) is 5.26. The van der Waals surface area contributed by atoms with Gasteiger partial charge in [-0.3, -0.25) is 4.79 Å². The standard InChI is InChI=1S/C16H19N3O/c1-2-3-7-16(20)19(13-8-9-13)12-14-11-17-15-6-4-5-10-18(14)15/h2,4-6,10-11,13H,1,3,7-9,12H2. The van der Waals surface area contributed by atoms with Crippen molar-refractivity contribution < 1.29 is 4.79 Å². The maximum Gasteiger partial charge on any atom is 0.223 e. The van der Waals surface area contributed by atoms with Crippen LogP contribution in [-0.2, 0) is 11.3 Å². The van der Waals surface area contributed by atoms with Crippen molar-refractivity contribution in [1.82, 2.24) is 14.3 Å². The van der Waals surface area contributed by atoms with Gasteiger partial charge in [0.15, 0.2) is 0 Å². The number of pyridine rings is 1. The minimum atomic E-state index is 0.221. The van der Waals surface area contributed by atoms with E-state index >= 15 is 0 Å². The lowest BCUT2D eigenvalue weighted by Crippen LogP contribution is -2.32. The average Bonchev–Trinajstić information content (AvgIpc) is 3.23. The van der Waals surface area contributed by atoms with E-state index in [-0.39, 0.29) is 5.91 Å². The first kappa shape index (κ1) is 12.9. The predicted octanol–water partition coefficient (Wildman–Crippen LogP) is 2.79. The molecule has 0 N–H and O–H groups in total. The Kier molecular flexibility index (Phi) is 3.54. The van der Waals surface area contributed by atoms with E-state index in [1.165, 1.54) is 0 Å². The molecule has 1 aliphatic rings. The largest absolute Gasteiger partial charge is 0.334 e. The van der Waals surface area contributed by atoms with Crippen molar-refractivity contribution in [3.63, 3.8) is 0 Å². The number of aromatic nitrogens is 2. The maximum absolute atomic E-state index is 12.3. The monoisotopic (exact) mass is 269 g/mol. The number of carbonyl (C=O) groups is 1. The summed E-state index contributed by atoms with van der Waals surface area (Å²) in [4.78, 5) is 18.7. The number of amides is 1. The molecular weight excluding hydrogens is 250 g/mol. The molecule has 0 radical (unpaired) electrons. The van der Waals surface area contributed by atoms with E-state index in [0.29, 0.717) is 19.0 Å². The van der Waals surface area contributed by atoms with Gasteiger partial charge in [0.25, 0.3) is 0 Å². The van der Waals surface area contributed by atoms with Crippen molar-refractivity contribution in [3.8, 4) is 0 Å². The third-order valence-electron chi connectivity index (χ3n) is 3.70. The van der Waals surface area contributed by atoms with Gasteiger partial charge in [-0.15, -0.1) is 6.58 Å². The average molecular weight is 269 g/mol. The zero-order valence-corrected chi connectivity index (χ0v) is 11.5. The molecule has 0 aromatic carbocycles. The summed E-state index contributed by atoms with van der Waals surface area (Å²) in [5.74, 6) is 0.221. The van der Waals surface area contributed by atoms with Crippen molar-refractivity contribution in [1.29, 1.82) is 0 Å². The Morgan fingerprint density at radius 2 is 2.35 bits per heavy atom. The zero-order chi connectivity index (χ0) is 13.9. The fourth-order valence-electron chi connectivity index (χ4n) is 2.45. The van der Waals surface area contributed by atoms with Gasteiger partial charge in [0.2, 0.25) is 5.91 Å². The zero-order valence-electron chi connectivity index (χ0n) is 11.5. The van der Waals surface area contributed by atoms with Gasteiger partial charge in [0.1, 0.15) is 5.65 Å². The highest BCUT2D eigenvalue weighted by Gasteiger charge is 2.32. The highest BCUT2D eigenvalue weighted by atomic mass is 16.2. The third kappa shape index (κ3) is 2.59. The van der Waals surface area contributed by atoms with Crippen LogP contribution in [0.1, 0.15) is 31.4 Å². The fraction of sp³-hybridized carbons (Fsp3) is 0.375. The molecule has 4 heteroatoms. The first-order chi connectivity index (χ1) is 9.79. The van der Waals surface area contributed by atoms with Crippen molar-refractivity contribution in [3.05, 3.63) is 48.9 Å². The molecule has 2 heterocycles. The number of hydrogen-bond donors (Lipinski definition) is 0. The molecule has 4 nitrogen and oxygen atoms in total. The summed E-state index contributed by atoms with van der Waals surface area (Å²) in [6.45, 7) is 4.33. The van der Waals surface area contributed by atoms with E-state index in [4.69, 9.17) is 0 Å². The lowest BCUT2D eigenvalue weighted by Gasteiger charge is -2.22. The van der Waals surface area contributed by atoms with Crippen molar-refractivity contribution >= 4 is 11.6 Å². The highest BCUT2D eigenvalue weighted by Crippen LogP contribution is 2.29. The van der Waals surface area contributed by atoms with Gasteiger partial charge in [0.05, 0.1) is 18.4 Å². The second-order valence-corrected chi connectivity index (χ2v) is 5.26. The third-order valence-corrected chi connectivity index (χ3v) is 3.70. The first-order valence-corrected chi connectivity index (χ1v) is 7.11. The molecule has 0 bridgehead atoms. The summed E-state index contributed by atoms with van der Waals surface area (Å²) in [6, 6.07) is 6.35. The molecule has 0 saturated heterocycles. The summed E-state index contributed by atoms with van der Waals surface area (Å²) in [5.41, 5.74) is 2.00. The van der Waals surface area contributed by atoms with Gasteiger partial charge in [-0.05, 0) is 31.4 Å². The van der Waals surface area contributed by atoms with Gasteiger partial charge < -0.3 is 9.30 Å². The van der Waals surface area contributed by atoms with Crippen LogP contribution in [0.4, 0.5) is 0 Å². The molecule has 20 heavy (non-hydrogen) atoms. The van der Waals surface area contributed by atoms with Crippen LogP contribution in [0.15, 0.2) is 43.2 Å². The smallest absolute Gasteiger partial charge is 0.223 e. The van der Waals surface area contributed by atoms with Crippen LogP contribution in [0, 0.1) is 0 Å². The van der Waals surface area contributed by atoms with Crippen molar-refractivity contribution in [2.75, 3.05) is 0 Å². The summed E-state index contributed by atoms with van der Waals surface area (Å²) < 4.78 is 2.05. The Morgan fingerprint density at radius 3 is 3.10 bits per heavy atom. The Balaban J connectivity index is 1.79. The number of rotatable bonds is 6. The number of fused-ring (bicyclic) bond motifs is 1. The Labute approximate surface area is 118 Å². The van der Waals surface area contributed by atoms with Crippen LogP contribution in [0.5, 0.6) is 0 Å². The fourth-order valence-corrected chi connectivity index (χ4v) is 2.45. The molecule has 1 fully saturated rings. The number of allylic oxidation sites excluding steroid dienone is 1. The van der Waals surface area contributed by atoms with Crippen molar-refractivity contribution in [2.45, 2.75) is 38.3 Å². The SMILES string of the molecule is C=CCCC(=O)N(Cc1cnc2ccccn12)C1CC1. The molecular formula is C16H19N3O. The van der Waals surface area contributed by atoms with E-state index < -0.39 is 0 Å². The topological polar surface area (TPSA) is 37.6 Å². The van der Waals surface area contributed by atoms with Crippen LogP contribution in [0.25, 0.3) is 5.65 Å². The number of imidazole rings is 1. The van der Waals surface area contributed by atoms with Gasteiger partial charge in [-0.2, -0.15) is 0 Å². The number of carbonyl (C=O) groups excluding carboxylic acids is 1. The van der Waals surface area contributed by atoms with Crippen LogP contribution in [0.2, 0.25) is 0 Å². The molecule has 1 amide bonds. The van der Waals surface area contributed by atoms with Crippen LogP contribution >= 0.6 is 0 Å². The van der Waals surface area contributed by atoms with Crippen LogP contribution in [0.3, 0.4) is 0 Å². The molecule has 2 aromatic rings. The van der Waals surface area contributed by atoms with E-state index in [2.05, 4.69) is 16.0 Å². The number of hydrogen-bond acceptors (Lipinski definition) is 2. The Bertz CT molecular complexity index is 627. The minimum absolute atomic E-state index is 0.221. The summed E-state index contributed by atoms with van der Waals surface area (Å²) in [5, 5.41) is 0. The van der Waals surface area contributed by atoms with Gasteiger partial charge in [-0.25, -0.2) is 4.98 Å². The van der Waals surface area contributed by atoms with Crippen LogP contribution < -0.4 is 0 Å². The quantitative estimate of drug-likeness (QED) is 0.756. The summed E-state index contributed by atoms with van der Waals surface area (Å²) >= 11 is 0. The lowest BCUT2D eigenvalue weighted by molar-refractivity contribution is -0.132. The first-order valence-electron chi connectivity index (χ1n) is 7.11. The molecule has 0 spiro atoms. The minimum Gasteiger partial charge on any atom is -0.334 e. The van der Waals surface area contributed by atoms with E-state index in [1.54, 1.807) is 6.08 Å². The molecule has 0 aliphatic heterocycles. The van der Waals surface area contributed by atoms with Gasteiger partial charge >= 0.3 is 0 Å². The second kappa shape index (κ2) is 5.49. The Hall–Kier alpha value is -2.10. The summed E-state index contributed by atoms with van der Waals surface area (Å²) in [7, 11) is 0. The highest BCUT2D eigenvalue weighted by molar-refractivity contribution is 5.77. The molecule has 1 aliphatic carbocycles. The molecule has 2 aromatic heterocycles. The lowest BCUT2D eigenvalue weighted by atomic mass is 10.2. The van der Waals surface area contributed by atoms with E-state index in [9.17, 15) is 4.79 Å². The maximum atomic E-state index is 12.3. The molecule has 1 saturated carbocycles. The summed E-state index contributed by atoms with van der Waals surface area (Å²) in [6.07, 6.45) is 9.21. The molecule has 3 rings (SSSR count). The van der Waals surface area contributed by atoms with E-state index in [0.717, 1.165) is 30.6 Å². The van der Waals surface area contributed by atoms with Gasteiger partial charge in [-0.1, -0.05) is 12.1 Å². The normalized spacial score (nSPS) is 14.4.